The fourth-order valence-electron chi connectivity index (χ4n) is 3.95. The molecule has 1 unspecified atom stereocenters. The summed E-state index contributed by atoms with van der Waals surface area (Å²) in [6, 6.07) is 18.8. The molecule has 1 heterocycles. The predicted molar refractivity (Wildman–Crippen MR) is 119 cm³/mol. The Hall–Kier alpha value is -3.05. The fraction of sp³-hybridized carbons (Fsp3) is 0.250. The number of halogens is 1. The van der Waals surface area contributed by atoms with Gasteiger partial charge in [0.1, 0.15) is 5.75 Å². The maximum atomic E-state index is 13.2. The van der Waals surface area contributed by atoms with Crippen molar-refractivity contribution in [3.63, 3.8) is 0 Å². The topological polar surface area (TPSA) is 58.6 Å². The van der Waals surface area contributed by atoms with Crippen LogP contribution in [0.4, 0.5) is 5.69 Å². The molecule has 6 heteroatoms. The van der Waals surface area contributed by atoms with E-state index in [0.29, 0.717) is 35.1 Å². The Balaban J connectivity index is 1.48. The lowest BCUT2D eigenvalue weighted by Gasteiger charge is -2.32. The molecule has 2 amide bonds. The van der Waals surface area contributed by atoms with Gasteiger partial charge in [-0.2, -0.15) is 0 Å². The molecule has 0 aliphatic carbocycles. The number of hydrogen-bond donors (Lipinski definition) is 1. The van der Waals surface area contributed by atoms with Crippen molar-refractivity contribution in [3.05, 3.63) is 71.2 Å². The van der Waals surface area contributed by atoms with E-state index in [9.17, 15) is 9.59 Å². The first-order valence-electron chi connectivity index (χ1n) is 9.98. The van der Waals surface area contributed by atoms with Crippen LogP contribution in [0.3, 0.4) is 0 Å². The zero-order valence-electron chi connectivity index (χ0n) is 16.7. The van der Waals surface area contributed by atoms with E-state index >= 15 is 0 Å². The van der Waals surface area contributed by atoms with Crippen LogP contribution in [0.15, 0.2) is 60.7 Å². The van der Waals surface area contributed by atoms with E-state index in [2.05, 4.69) is 5.32 Å². The van der Waals surface area contributed by atoms with E-state index in [4.69, 9.17) is 16.3 Å². The van der Waals surface area contributed by atoms with Crippen molar-refractivity contribution in [1.29, 1.82) is 0 Å². The maximum Gasteiger partial charge on any atom is 0.254 e. The summed E-state index contributed by atoms with van der Waals surface area (Å²) >= 11 is 6.15. The molecule has 1 atom stereocenters. The summed E-state index contributed by atoms with van der Waals surface area (Å²) in [6.07, 6.45) is 1.53. The Kier molecular flexibility index (Phi) is 5.91. The lowest BCUT2D eigenvalue weighted by molar-refractivity contribution is -0.121. The molecule has 30 heavy (non-hydrogen) atoms. The van der Waals surface area contributed by atoms with E-state index in [1.165, 1.54) is 0 Å². The monoisotopic (exact) mass is 422 g/mol. The number of piperidine rings is 1. The van der Waals surface area contributed by atoms with Gasteiger partial charge in [-0.1, -0.05) is 48.0 Å². The Morgan fingerprint density at radius 2 is 1.90 bits per heavy atom. The molecule has 0 saturated carbocycles. The second-order valence-corrected chi connectivity index (χ2v) is 7.86. The number of methoxy groups -OCH3 is 1. The fourth-order valence-corrected chi connectivity index (χ4v) is 4.20. The van der Waals surface area contributed by atoms with E-state index < -0.39 is 0 Å². The highest BCUT2D eigenvalue weighted by atomic mass is 35.5. The number of carbonyl (C=O) groups excluding carboxylic acids is 2. The van der Waals surface area contributed by atoms with Crippen molar-refractivity contribution in [2.45, 2.75) is 12.8 Å². The quantitative estimate of drug-likeness (QED) is 0.644. The molecule has 1 saturated heterocycles. The summed E-state index contributed by atoms with van der Waals surface area (Å²) in [6.45, 7) is 1.05. The van der Waals surface area contributed by atoms with Gasteiger partial charge in [-0.15, -0.1) is 0 Å². The Bertz CT molecular complexity index is 1090. The number of benzene rings is 3. The van der Waals surface area contributed by atoms with Crippen molar-refractivity contribution in [2.24, 2.45) is 5.92 Å². The number of amides is 2. The number of hydrogen-bond acceptors (Lipinski definition) is 3. The lowest BCUT2D eigenvalue weighted by Crippen LogP contribution is -2.43. The summed E-state index contributed by atoms with van der Waals surface area (Å²) in [4.78, 5) is 27.8. The molecule has 0 aromatic heterocycles. The van der Waals surface area contributed by atoms with Crippen molar-refractivity contribution < 1.29 is 14.3 Å². The second-order valence-electron chi connectivity index (χ2n) is 7.46. The number of anilines is 1. The maximum absolute atomic E-state index is 13.2. The van der Waals surface area contributed by atoms with Gasteiger partial charge in [0.05, 0.1) is 18.1 Å². The number of nitrogens with zero attached hydrogens (tertiary/aromatic N) is 1. The molecule has 0 bridgehead atoms. The predicted octanol–water partition coefficient (Wildman–Crippen LogP) is 4.99. The van der Waals surface area contributed by atoms with Crippen LogP contribution >= 0.6 is 11.6 Å². The zero-order chi connectivity index (χ0) is 21.1. The van der Waals surface area contributed by atoms with Gasteiger partial charge in [-0.25, -0.2) is 0 Å². The summed E-state index contributed by atoms with van der Waals surface area (Å²) in [7, 11) is 1.54. The number of rotatable bonds is 4. The average molecular weight is 423 g/mol. The first-order chi connectivity index (χ1) is 14.6. The molecule has 154 valence electrons. The van der Waals surface area contributed by atoms with Crippen molar-refractivity contribution in [1.82, 2.24) is 4.90 Å². The van der Waals surface area contributed by atoms with Crippen LogP contribution in [0.5, 0.6) is 5.75 Å². The molecule has 1 aliphatic rings. The molecule has 0 spiro atoms. The van der Waals surface area contributed by atoms with Crippen LogP contribution in [0.2, 0.25) is 5.02 Å². The van der Waals surface area contributed by atoms with Gasteiger partial charge in [0.2, 0.25) is 5.91 Å². The SMILES string of the molecule is COc1ccc(NC(=O)C2CCCN(C(=O)c3cccc4ccccc34)C2)cc1Cl. The highest BCUT2D eigenvalue weighted by Gasteiger charge is 2.29. The standard InChI is InChI=1S/C24H23ClN2O3/c1-30-22-12-11-18(14-21(22)25)26-23(28)17-8-5-13-27(15-17)24(29)20-10-4-7-16-6-2-3-9-19(16)20/h2-4,6-7,9-12,14,17H,5,8,13,15H2,1H3,(H,26,28). The number of carbonyl (C=O) groups is 2. The summed E-state index contributed by atoms with van der Waals surface area (Å²) in [5, 5.41) is 5.32. The normalized spacial score (nSPS) is 16.3. The third-order valence-corrected chi connectivity index (χ3v) is 5.81. The van der Waals surface area contributed by atoms with Crippen LogP contribution in [0.1, 0.15) is 23.2 Å². The van der Waals surface area contributed by atoms with Crippen LogP contribution in [-0.4, -0.2) is 36.9 Å². The van der Waals surface area contributed by atoms with Gasteiger partial charge < -0.3 is 15.0 Å². The third-order valence-electron chi connectivity index (χ3n) is 5.52. The summed E-state index contributed by atoms with van der Waals surface area (Å²) in [5.41, 5.74) is 1.29. The first-order valence-corrected chi connectivity index (χ1v) is 10.4. The van der Waals surface area contributed by atoms with Crippen LogP contribution in [0, 0.1) is 5.92 Å². The summed E-state index contributed by atoms with van der Waals surface area (Å²) in [5.74, 6) is 0.154. The van der Waals surface area contributed by atoms with Gasteiger partial charge in [-0.3, -0.25) is 9.59 Å². The highest BCUT2D eigenvalue weighted by Crippen LogP contribution is 2.28. The van der Waals surface area contributed by atoms with Gasteiger partial charge in [-0.05, 0) is 47.9 Å². The molecular weight excluding hydrogens is 400 g/mol. The average Bonchev–Trinajstić information content (AvgIpc) is 2.78. The van der Waals surface area contributed by atoms with Crippen molar-refractivity contribution in [2.75, 3.05) is 25.5 Å². The Labute approximate surface area is 180 Å². The molecule has 1 aliphatic heterocycles. The van der Waals surface area contributed by atoms with Crippen molar-refractivity contribution in [3.8, 4) is 5.75 Å². The first kappa shape index (κ1) is 20.2. The van der Waals surface area contributed by atoms with Crippen LogP contribution in [-0.2, 0) is 4.79 Å². The van der Waals surface area contributed by atoms with Crippen LogP contribution < -0.4 is 10.1 Å². The van der Waals surface area contributed by atoms with Gasteiger partial charge >= 0.3 is 0 Å². The molecule has 4 rings (SSSR count). The number of nitrogens with one attached hydrogen (secondary N) is 1. The Morgan fingerprint density at radius 3 is 2.70 bits per heavy atom. The minimum atomic E-state index is -0.265. The Morgan fingerprint density at radius 1 is 1.10 bits per heavy atom. The number of fused-ring (bicyclic) bond motifs is 1. The third kappa shape index (κ3) is 4.12. The van der Waals surface area contributed by atoms with Crippen molar-refractivity contribution >= 4 is 39.9 Å². The molecule has 1 N–H and O–H groups in total. The second kappa shape index (κ2) is 8.76. The van der Waals surface area contributed by atoms with Gasteiger partial charge in [0.25, 0.3) is 5.91 Å². The minimum absolute atomic E-state index is 0.0307. The van der Waals surface area contributed by atoms with Gasteiger partial charge in [0, 0.05) is 24.3 Å². The van der Waals surface area contributed by atoms with E-state index in [0.717, 1.165) is 23.6 Å². The number of likely N-dealkylation sites (tertiary alicyclic amines) is 1. The molecule has 3 aromatic carbocycles. The number of ether oxygens (including phenoxy) is 1. The molecule has 3 aromatic rings. The van der Waals surface area contributed by atoms with Crippen LogP contribution in [0.25, 0.3) is 10.8 Å². The molecule has 5 nitrogen and oxygen atoms in total. The lowest BCUT2D eigenvalue weighted by atomic mass is 9.95. The van der Waals surface area contributed by atoms with E-state index in [1.807, 2.05) is 42.5 Å². The van der Waals surface area contributed by atoms with E-state index in [1.54, 1.807) is 30.2 Å². The molecule has 1 fully saturated rings. The smallest absolute Gasteiger partial charge is 0.254 e. The summed E-state index contributed by atoms with van der Waals surface area (Å²) < 4.78 is 5.15. The van der Waals surface area contributed by atoms with Gasteiger partial charge in [0.15, 0.2) is 0 Å². The molecular formula is C24H23ClN2O3. The highest BCUT2D eigenvalue weighted by molar-refractivity contribution is 6.32. The largest absolute Gasteiger partial charge is 0.495 e. The zero-order valence-corrected chi connectivity index (χ0v) is 17.5. The minimum Gasteiger partial charge on any atom is -0.495 e. The molecule has 0 radical (unpaired) electrons. The van der Waals surface area contributed by atoms with E-state index in [-0.39, 0.29) is 17.7 Å².